The van der Waals surface area contributed by atoms with Crippen molar-refractivity contribution in [1.82, 2.24) is 10.5 Å². The number of halogens is 2. The summed E-state index contributed by atoms with van der Waals surface area (Å²) in [6, 6.07) is 10.2. The topological polar surface area (TPSA) is 43.4 Å². The number of alkyl halides is 2. The van der Waals surface area contributed by atoms with Gasteiger partial charge in [-0.05, 0) is 24.1 Å². The van der Waals surface area contributed by atoms with E-state index in [1.54, 1.807) is 4.90 Å². The number of hydrogen-bond donors (Lipinski definition) is 2. The lowest BCUT2D eigenvalue weighted by atomic mass is 9.91. The molecule has 1 saturated heterocycles. The first-order valence-electron chi connectivity index (χ1n) is 9.66. The predicted octanol–water partition coefficient (Wildman–Crippen LogP) is 4.38. The van der Waals surface area contributed by atoms with Crippen molar-refractivity contribution in [3.63, 3.8) is 0 Å². The zero-order chi connectivity index (χ0) is 20.1. The first-order valence-corrected chi connectivity index (χ1v) is 9.66. The third kappa shape index (κ3) is 3.51. The molecule has 5 nitrogen and oxygen atoms in total. The van der Waals surface area contributed by atoms with Gasteiger partial charge >= 0.3 is 0 Å². The van der Waals surface area contributed by atoms with Gasteiger partial charge in [-0.2, -0.15) is 0 Å². The van der Waals surface area contributed by atoms with Crippen molar-refractivity contribution in [2.45, 2.75) is 52.0 Å². The average Bonchev–Trinajstić information content (AvgIpc) is 3.18. The molecule has 0 radical (unpaired) electrons. The number of anilines is 3. The number of pyridine rings is 1. The van der Waals surface area contributed by atoms with E-state index in [0.29, 0.717) is 13.1 Å². The minimum Gasteiger partial charge on any atom is -0.363 e. The molecule has 0 amide bonds. The summed E-state index contributed by atoms with van der Waals surface area (Å²) in [6.45, 7) is 9.06. The first kappa shape index (κ1) is 18.9. The Balaban J connectivity index is 1.74. The number of hydrogen-bond acceptors (Lipinski definition) is 5. The van der Waals surface area contributed by atoms with Crippen LogP contribution >= 0.6 is 0 Å². The predicted molar refractivity (Wildman–Crippen MR) is 109 cm³/mol. The molecule has 2 N–H and O–H groups in total. The Kier molecular flexibility index (Phi) is 4.45. The van der Waals surface area contributed by atoms with Crippen LogP contribution in [0.1, 0.15) is 44.0 Å². The van der Waals surface area contributed by atoms with E-state index in [4.69, 9.17) is 4.98 Å². The Morgan fingerprint density at radius 1 is 1.21 bits per heavy atom. The highest BCUT2D eigenvalue weighted by Gasteiger charge is 2.40. The van der Waals surface area contributed by atoms with Crippen LogP contribution in [0.4, 0.5) is 26.0 Å². The molecule has 3 heterocycles. The molecule has 0 saturated carbocycles. The molecule has 28 heavy (non-hydrogen) atoms. The van der Waals surface area contributed by atoms with Gasteiger partial charge in [-0.3, -0.25) is 10.4 Å². The van der Waals surface area contributed by atoms with Gasteiger partial charge in [0.15, 0.2) is 5.82 Å². The third-order valence-corrected chi connectivity index (χ3v) is 5.42. The number of hydrazine groups is 2. The second-order valence-electron chi connectivity index (χ2n) is 8.75. The van der Waals surface area contributed by atoms with Crippen LogP contribution in [0, 0.1) is 6.92 Å². The smallest absolute Gasteiger partial charge is 0.266 e. The minimum atomic E-state index is -2.65. The van der Waals surface area contributed by atoms with E-state index in [-0.39, 0.29) is 18.4 Å². The standard InChI is InChI=1S/C21H27F2N5/c1-14-7-5-6-8-15(14)12-28-19-18(25-26-28)16(11-17(24-19)20(2,3)4)27-10-9-21(22,23)13-27/h5-8,11,25-26H,9-10,12-13H2,1-4H3. The zero-order valence-electron chi connectivity index (χ0n) is 16.8. The SMILES string of the molecule is Cc1ccccc1CN1NNc2c(N3CCC(F)(F)C3)cc(C(C)(C)C)nc21. The summed E-state index contributed by atoms with van der Waals surface area (Å²) >= 11 is 0. The summed E-state index contributed by atoms with van der Waals surface area (Å²) in [5.74, 6) is -1.90. The van der Waals surface area contributed by atoms with E-state index >= 15 is 0 Å². The average molecular weight is 387 g/mol. The van der Waals surface area contributed by atoms with Gasteiger partial charge in [0.2, 0.25) is 0 Å². The van der Waals surface area contributed by atoms with Gasteiger partial charge in [-0.1, -0.05) is 45.0 Å². The van der Waals surface area contributed by atoms with Crippen LogP contribution in [0.25, 0.3) is 0 Å². The van der Waals surface area contributed by atoms with Gasteiger partial charge in [0.05, 0.1) is 24.5 Å². The lowest BCUT2D eigenvalue weighted by Crippen LogP contribution is -2.36. The number of nitrogens with zero attached hydrogens (tertiary/aromatic N) is 3. The molecule has 0 unspecified atom stereocenters. The summed E-state index contributed by atoms with van der Waals surface area (Å²) in [5.41, 5.74) is 11.0. The lowest BCUT2D eigenvalue weighted by molar-refractivity contribution is 0.0257. The fraction of sp³-hybridized carbons (Fsp3) is 0.476. The Bertz CT molecular complexity index is 891. The summed E-state index contributed by atoms with van der Waals surface area (Å²) in [6.07, 6.45) is -0.116. The van der Waals surface area contributed by atoms with Gasteiger partial charge in [-0.25, -0.2) is 13.8 Å². The molecule has 0 spiro atoms. The second-order valence-corrected chi connectivity index (χ2v) is 8.75. The Labute approximate surface area is 164 Å². The molecule has 1 fully saturated rings. The number of nitrogens with one attached hydrogen (secondary N) is 2. The summed E-state index contributed by atoms with van der Waals surface area (Å²) in [4.78, 5) is 6.65. The third-order valence-electron chi connectivity index (χ3n) is 5.42. The van der Waals surface area contributed by atoms with Crippen molar-refractivity contribution in [2.75, 3.05) is 28.4 Å². The highest BCUT2D eigenvalue weighted by molar-refractivity contribution is 5.84. The van der Waals surface area contributed by atoms with Crippen LogP contribution in [0.2, 0.25) is 0 Å². The molecule has 0 bridgehead atoms. The maximum absolute atomic E-state index is 13.9. The van der Waals surface area contributed by atoms with Crippen molar-refractivity contribution in [1.29, 1.82) is 0 Å². The molecule has 0 aliphatic carbocycles. The summed E-state index contributed by atoms with van der Waals surface area (Å²) in [5, 5.41) is 1.95. The van der Waals surface area contributed by atoms with Gasteiger partial charge < -0.3 is 4.90 Å². The maximum atomic E-state index is 13.9. The number of aromatic nitrogens is 1. The van der Waals surface area contributed by atoms with E-state index in [0.717, 1.165) is 22.9 Å². The molecule has 4 rings (SSSR count). The number of aryl methyl sites for hydroxylation is 1. The van der Waals surface area contributed by atoms with Crippen molar-refractivity contribution in [3.05, 3.63) is 47.2 Å². The molecule has 2 aromatic rings. The molecule has 150 valence electrons. The molecule has 7 heteroatoms. The van der Waals surface area contributed by atoms with Crippen LogP contribution in [0.5, 0.6) is 0 Å². The normalized spacial score (nSPS) is 18.4. The minimum absolute atomic E-state index is 0.116. The van der Waals surface area contributed by atoms with E-state index in [2.05, 4.69) is 50.8 Å². The summed E-state index contributed by atoms with van der Waals surface area (Å²) in [7, 11) is 0. The lowest BCUT2D eigenvalue weighted by Gasteiger charge is -2.26. The monoisotopic (exact) mass is 387 g/mol. The highest BCUT2D eigenvalue weighted by atomic mass is 19.3. The van der Waals surface area contributed by atoms with Crippen molar-refractivity contribution >= 4 is 17.2 Å². The Morgan fingerprint density at radius 2 is 1.96 bits per heavy atom. The van der Waals surface area contributed by atoms with Crippen LogP contribution < -0.4 is 20.9 Å². The van der Waals surface area contributed by atoms with Crippen LogP contribution in [-0.2, 0) is 12.0 Å². The number of fused-ring (bicyclic) bond motifs is 1. The first-order chi connectivity index (χ1) is 13.1. The van der Waals surface area contributed by atoms with Crippen molar-refractivity contribution < 1.29 is 8.78 Å². The molecule has 1 aromatic carbocycles. The molecule has 1 aromatic heterocycles. The van der Waals surface area contributed by atoms with E-state index in [9.17, 15) is 8.78 Å². The van der Waals surface area contributed by atoms with Crippen molar-refractivity contribution in [3.8, 4) is 0 Å². The highest BCUT2D eigenvalue weighted by Crippen LogP contribution is 2.43. The van der Waals surface area contributed by atoms with Crippen LogP contribution in [0.3, 0.4) is 0 Å². The second kappa shape index (κ2) is 6.58. The molecule has 2 aliphatic rings. The fourth-order valence-electron chi connectivity index (χ4n) is 3.66. The molecule has 0 atom stereocenters. The van der Waals surface area contributed by atoms with E-state index in [1.165, 1.54) is 11.1 Å². The van der Waals surface area contributed by atoms with Crippen molar-refractivity contribution in [2.24, 2.45) is 0 Å². The van der Waals surface area contributed by atoms with Crippen LogP contribution in [-0.4, -0.2) is 24.0 Å². The Morgan fingerprint density at radius 3 is 2.61 bits per heavy atom. The fourth-order valence-corrected chi connectivity index (χ4v) is 3.66. The van der Waals surface area contributed by atoms with E-state index in [1.807, 2.05) is 23.2 Å². The number of benzene rings is 1. The zero-order valence-corrected chi connectivity index (χ0v) is 16.8. The largest absolute Gasteiger partial charge is 0.363 e. The quantitative estimate of drug-likeness (QED) is 0.818. The molecule has 2 aliphatic heterocycles. The maximum Gasteiger partial charge on any atom is 0.266 e. The molecular weight excluding hydrogens is 360 g/mol. The molecular formula is C21H27F2N5. The van der Waals surface area contributed by atoms with Crippen LogP contribution in [0.15, 0.2) is 30.3 Å². The van der Waals surface area contributed by atoms with Gasteiger partial charge in [0, 0.05) is 18.4 Å². The van der Waals surface area contributed by atoms with E-state index < -0.39 is 5.92 Å². The summed E-state index contributed by atoms with van der Waals surface area (Å²) < 4.78 is 27.7. The Hall–Kier alpha value is -2.41. The van der Waals surface area contributed by atoms with Gasteiger partial charge in [-0.15, -0.1) is 5.53 Å². The van der Waals surface area contributed by atoms with Gasteiger partial charge in [0.1, 0.15) is 5.69 Å². The van der Waals surface area contributed by atoms with Gasteiger partial charge in [0.25, 0.3) is 5.92 Å². The number of rotatable bonds is 3.